The molecule has 0 saturated carbocycles. The van der Waals surface area contributed by atoms with Gasteiger partial charge in [0, 0.05) is 22.5 Å². The average molecular weight is 197 g/mol. The number of aryl methyl sites for hydroxylation is 1. The van der Waals surface area contributed by atoms with Crippen molar-refractivity contribution in [3.8, 4) is 11.4 Å². The Bertz CT molecular complexity index is 391. The van der Waals surface area contributed by atoms with E-state index < -0.39 is 0 Å². The Hall–Kier alpha value is -0.940. The normalized spacial score (nSPS) is 10.4. The van der Waals surface area contributed by atoms with E-state index in [0.29, 0.717) is 5.13 Å². The van der Waals surface area contributed by atoms with Crippen LogP contribution >= 0.6 is 22.9 Å². The molecule has 0 aliphatic heterocycles. The van der Waals surface area contributed by atoms with Crippen molar-refractivity contribution in [2.45, 2.75) is 6.92 Å². The summed E-state index contributed by atoms with van der Waals surface area (Å²) in [5.74, 6) is 0.747. The third-order valence-corrected chi connectivity index (χ3v) is 2.94. The molecule has 62 valence electrons. The molecule has 12 heavy (non-hydrogen) atoms. The van der Waals surface area contributed by atoms with Crippen LogP contribution in [0.1, 0.15) is 5.56 Å². The molecular formula is C7H7N3S2. The lowest BCUT2D eigenvalue weighted by atomic mass is 10.2. The van der Waals surface area contributed by atoms with E-state index in [2.05, 4.69) is 14.7 Å². The van der Waals surface area contributed by atoms with Crippen LogP contribution in [0.3, 0.4) is 0 Å². The molecule has 2 aromatic rings. The van der Waals surface area contributed by atoms with Gasteiger partial charge in [0.2, 0.25) is 0 Å². The second kappa shape index (κ2) is 2.84. The summed E-state index contributed by atoms with van der Waals surface area (Å²) in [6, 6.07) is 0. The largest absolute Gasteiger partial charge is 0.374 e. The standard InChI is InChI=1S/C7H7N3S2/c1-4-2-11-3-5(4)6-9-7(8)12-10-6/h2-3H,1H3,(H2,8,9,10). The van der Waals surface area contributed by atoms with Crippen molar-refractivity contribution in [1.82, 2.24) is 9.36 Å². The molecule has 0 atom stereocenters. The first-order chi connectivity index (χ1) is 5.77. The number of rotatable bonds is 1. The van der Waals surface area contributed by atoms with Crippen LogP contribution in [0.4, 0.5) is 5.13 Å². The molecule has 2 N–H and O–H groups in total. The third-order valence-electron chi connectivity index (χ3n) is 1.54. The van der Waals surface area contributed by atoms with Gasteiger partial charge in [0.1, 0.15) is 0 Å². The highest BCUT2D eigenvalue weighted by Gasteiger charge is 2.07. The zero-order valence-electron chi connectivity index (χ0n) is 6.44. The molecule has 0 unspecified atom stereocenters. The topological polar surface area (TPSA) is 51.8 Å². The Morgan fingerprint density at radius 2 is 2.25 bits per heavy atom. The minimum Gasteiger partial charge on any atom is -0.374 e. The van der Waals surface area contributed by atoms with Crippen LogP contribution in [-0.4, -0.2) is 9.36 Å². The summed E-state index contributed by atoms with van der Waals surface area (Å²) in [4.78, 5) is 4.11. The number of aromatic nitrogens is 2. The van der Waals surface area contributed by atoms with Gasteiger partial charge in [-0.05, 0) is 17.9 Å². The fraction of sp³-hybridized carbons (Fsp3) is 0.143. The highest BCUT2D eigenvalue weighted by molar-refractivity contribution is 7.10. The van der Waals surface area contributed by atoms with E-state index >= 15 is 0 Å². The molecule has 0 bridgehead atoms. The summed E-state index contributed by atoms with van der Waals surface area (Å²) in [7, 11) is 0. The molecular weight excluding hydrogens is 190 g/mol. The van der Waals surface area contributed by atoms with Gasteiger partial charge in [0.05, 0.1) is 0 Å². The van der Waals surface area contributed by atoms with E-state index in [1.807, 2.05) is 12.3 Å². The Balaban J connectivity index is 2.50. The lowest BCUT2D eigenvalue weighted by Gasteiger charge is -1.89. The summed E-state index contributed by atoms with van der Waals surface area (Å²) in [5.41, 5.74) is 7.78. The van der Waals surface area contributed by atoms with Gasteiger partial charge in [-0.3, -0.25) is 0 Å². The minimum atomic E-state index is 0.524. The first-order valence-corrected chi connectivity index (χ1v) is 5.11. The molecule has 0 aromatic carbocycles. The average Bonchev–Trinajstić information content (AvgIpc) is 2.58. The summed E-state index contributed by atoms with van der Waals surface area (Å²) in [6.45, 7) is 2.04. The molecule has 0 saturated heterocycles. The molecule has 0 aliphatic carbocycles. The molecule has 0 spiro atoms. The van der Waals surface area contributed by atoms with E-state index in [1.54, 1.807) is 11.3 Å². The van der Waals surface area contributed by atoms with E-state index in [4.69, 9.17) is 5.73 Å². The Kier molecular flexibility index (Phi) is 1.82. The van der Waals surface area contributed by atoms with Crippen molar-refractivity contribution in [3.05, 3.63) is 16.3 Å². The van der Waals surface area contributed by atoms with Crippen LogP contribution in [-0.2, 0) is 0 Å². The molecule has 2 heterocycles. The summed E-state index contributed by atoms with van der Waals surface area (Å²) < 4.78 is 4.13. The molecule has 5 heteroatoms. The van der Waals surface area contributed by atoms with Crippen LogP contribution in [0.15, 0.2) is 10.8 Å². The lowest BCUT2D eigenvalue weighted by molar-refractivity contribution is 1.32. The van der Waals surface area contributed by atoms with Gasteiger partial charge in [-0.15, -0.1) is 0 Å². The van der Waals surface area contributed by atoms with Gasteiger partial charge < -0.3 is 5.73 Å². The van der Waals surface area contributed by atoms with Crippen molar-refractivity contribution in [2.75, 3.05) is 5.73 Å². The maximum atomic E-state index is 5.48. The second-order valence-electron chi connectivity index (χ2n) is 2.42. The summed E-state index contributed by atoms with van der Waals surface area (Å²) in [6.07, 6.45) is 0. The number of nitrogens with two attached hydrogens (primary N) is 1. The smallest absolute Gasteiger partial charge is 0.200 e. The minimum absolute atomic E-state index is 0.524. The highest BCUT2D eigenvalue weighted by Crippen LogP contribution is 2.25. The van der Waals surface area contributed by atoms with Gasteiger partial charge in [-0.1, -0.05) is 0 Å². The zero-order valence-corrected chi connectivity index (χ0v) is 8.08. The van der Waals surface area contributed by atoms with Crippen molar-refractivity contribution in [2.24, 2.45) is 0 Å². The highest BCUT2D eigenvalue weighted by atomic mass is 32.1. The Morgan fingerprint density at radius 3 is 2.75 bits per heavy atom. The van der Waals surface area contributed by atoms with Crippen molar-refractivity contribution in [3.63, 3.8) is 0 Å². The predicted octanol–water partition coefficient (Wildman–Crippen LogP) is 2.16. The van der Waals surface area contributed by atoms with E-state index in [9.17, 15) is 0 Å². The van der Waals surface area contributed by atoms with Gasteiger partial charge in [-0.25, -0.2) is 0 Å². The predicted molar refractivity (Wildman–Crippen MR) is 52.4 cm³/mol. The Morgan fingerprint density at radius 1 is 1.42 bits per heavy atom. The third kappa shape index (κ3) is 1.21. The fourth-order valence-corrected chi connectivity index (χ4v) is 2.21. The van der Waals surface area contributed by atoms with Crippen LogP contribution in [0.5, 0.6) is 0 Å². The van der Waals surface area contributed by atoms with Crippen LogP contribution in [0.25, 0.3) is 11.4 Å². The summed E-state index contributed by atoms with van der Waals surface area (Å²) in [5, 5.41) is 4.64. The lowest BCUT2D eigenvalue weighted by Crippen LogP contribution is -1.83. The number of nitrogen functional groups attached to an aromatic ring is 1. The molecule has 2 aromatic heterocycles. The molecule has 3 nitrogen and oxygen atoms in total. The maximum absolute atomic E-state index is 5.48. The second-order valence-corrected chi connectivity index (χ2v) is 3.95. The quantitative estimate of drug-likeness (QED) is 0.762. The van der Waals surface area contributed by atoms with E-state index in [1.165, 1.54) is 17.1 Å². The molecule has 0 radical (unpaired) electrons. The van der Waals surface area contributed by atoms with Crippen molar-refractivity contribution < 1.29 is 0 Å². The molecule has 0 aliphatic rings. The first kappa shape index (κ1) is 7.70. The number of nitrogens with zero attached hydrogens (tertiary/aromatic N) is 2. The maximum Gasteiger partial charge on any atom is 0.200 e. The monoisotopic (exact) mass is 197 g/mol. The fourth-order valence-electron chi connectivity index (χ4n) is 0.934. The molecule has 0 fully saturated rings. The van der Waals surface area contributed by atoms with E-state index in [-0.39, 0.29) is 0 Å². The van der Waals surface area contributed by atoms with Gasteiger partial charge in [-0.2, -0.15) is 20.7 Å². The number of thiophene rings is 1. The van der Waals surface area contributed by atoms with Crippen molar-refractivity contribution >= 4 is 28.0 Å². The van der Waals surface area contributed by atoms with Crippen molar-refractivity contribution in [1.29, 1.82) is 0 Å². The van der Waals surface area contributed by atoms with Gasteiger partial charge in [0.15, 0.2) is 11.0 Å². The number of hydrogen-bond donors (Lipinski definition) is 1. The first-order valence-electron chi connectivity index (χ1n) is 3.39. The summed E-state index contributed by atoms with van der Waals surface area (Å²) >= 11 is 2.89. The number of anilines is 1. The van der Waals surface area contributed by atoms with Crippen LogP contribution in [0, 0.1) is 6.92 Å². The Labute approximate surface area is 78.1 Å². The van der Waals surface area contributed by atoms with Crippen LogP contribution in [0.2, 0.25) is 0 Å². The van der Waals surface area contributed by atoms with Crippen LogP contribution < -0.4 is 5.73 Å². The molecule has 0 amide bonds. The van der Waals surface area contributed by atoms with Gasteiger partial charge >= 0.3 is 0 Å². The SMILES string of the molecule is Cc1cscc1-c1nsc(N)n1. The number of hydrogen-bond acceptors (Lipinski definition) is 5. The zero-order chi connectivity index (χ0) is 8.55. The molecule has 2 rings (SSSR count). The van der Waals surface area contributed by atoms with E-state index in [0.717, 1.165) is 11.4 Å². The van der Waals surface area contributed by atoms with Gasteiger partial charge in [0.25, 0.3) is 0 Å².